The van der Waals surface area contributed by atoms with Gasteiger partial charge in [0.05, 0.1) is 13.2 Å². The molecule has 0 radical (unpaired) electrons. The van der Waals surface area contributed by atoms with Gasteiger partial charge in [-0.3, -0.25) is 9.59 Å². The zero-order valence-corrected chi connectivity index (χ0v) is 15.4. The Balaban J connectivity index is 1.71. The summed E-state index contributed by atoms with van der Waals surface area (Å²) in [5.74, 6) is -0.0309. The Kier molecular flexibility index (Phi) is 7.55. The molecule has 0 aliphatic heterocycles. The van der Waals surface area contributed by atoms with Crippen LogP contribution >= 0.6 is 0 Å². The van der Waals surface area contributed by atoms with Crippen LogP contribution in [-0.4, -0.2) is 25.5 Å². The summed E-state index contributed by atoms with van der Waals surface area (Å²) in [6.07, 6.45) is 3.26. The first-order valence-electron chi connectivity index (χ1n) is 8.62. The molecular formula is C21H23FN2O3. The van der Waals surface area contributed by atoms with E-state index in [1.54, 1.807) is 25.3 Å². The van der Waals surface area contributed by atoms with Gasteiger partial charge in [-0.05, 0) is 48.4 Å². The summed E-state index contributed by atoms with van der Waals surface area (Å²) in [4.78, 5) is 23.8. The van der Waals surface area contributed by atoms with Crippen LogP contribution in [0.3, 0.4) is 0 Å². The van der Waals surface area contributed by atoms with Gasteiger partial charge in [0.25, 0.3) is 0 Å². The van der Waals surface area contributed by atoms with Crippen molar-refractivity contribution in [2.75, 3.05) is 13.7 Å². The quantitative estimate of drug-likeness (QED) is 0.701. The molecule has 2 rings (SSSR count). The maximum absolute atomic E-state index is 12.9. The molecule has 0 saturated carbocycles. The van der Waals surface area contributed by atoms with Crippen molar-refractivity contribution in [2.24, 2.45) is 0 Å². The van der Waals surface area contributed by atoms with Gasteiger partial charge in [0.15, 0.2) is 0 Å². The smallest absolute Gasteiger partial charge is 0.244 e. The van der Waals surface area contributed by atoms with Gasteiger partial charge in [-0.25, -0.2) is 4.39 Å². The van der Waals surface area contributed by atoms with Gasteiger partial charge in [-0.15, -0.1) is 0 Å². The molecule has 0 heterocycles. The summed E-state index contributed by atoms with van der Waals surface area (Å²) in [5.41, 5.74) is 1.69. The van der Waals surface area contributed by atoms with Crippen LogP contribution in [-0.2, 0) is 9.59 Å². The summed E-state index contributed by atoms with van der Waals surface area (Å²) in [5, 5.41) is 5.48. The Morgan fingerprint density at radius 2 is 1.78 bits per heavy atom. The Morgan fingerprint density at radius 3 is 2.41 bits per heavy atom. The molecule has 0 saturated heterocycles. The molecule has 0 bridgehead atoms. The minimum Gasteiger partial charge on any atom is -0.497 e. The van der Waals surface area contributed by atoms with Crippen molar-refractivity contribution < 1.29 is 18.7 Å². The number of rotatable bonds is 8. The number of hydrogen-bond acceptors (Lipinski definition) is 3. The topological polar surface area (TPSA) is 67.4 Å². The lowest BCUT2D eigenvalue weighted by atomic mass is 10.1. The number of carbonyl (C=O) groups is 2. The van der Waals surface area contributed by atoms with Crippen molar-refractivity contribution in [2.45, 2.75) is 19.4 Å². The van der Waals surface area contributed by atoms with E-state index in [9.17, 15) is 14.0 Å². The Bertz CT molecular complexity index is 786. The number of benzene rings is 2. The first-order valence-corrected chi connectivity index (χ1v) is 8.62. The van der Waals surface area contributed by atoms with Gasteiger partial charge in [0, 0.05) is 19.0 Å². The van der Waals surface area contributed by atoms with Gasteiger partial charge in [-0.1, -0.05) is 24.3 Å². The van der Waals surface area contributed by atoms with Gasteiger partial charge in [0.2, 0.25) is 11.8 Å². The predicted molar refractivity (Wildman–Crippen MR) is 103 cm³/mol. The normalized spacial score (nSPS) is 11.8. The van der Waals surface area contributed by atoms with E-state index < -0.39 is 0 Å². The zero-order valence-electron chi connectivity index (χ0n) is 15.4. The maximum Gasteiger partial charge on any atom is 0.244 e. The SMILES string of the molecule is COc1ccc(C=CC(=O)NCCC(=O)NC(C)c2ccc(F)cc2)cc1. The van der Waals surface area contributed by atoms with Gasteiger partial charge >= 0.3 is 0 Å². The Morgan fingerprint density at radius 1 is 1.11 bits per heavy atom. The van der Waals surface area contributed by atoms with Crippen LogP contribution in [0.25, 0.3) is 6.08 Å². The van der Waals surface area contributed by atoms with Crippen LogP contribution in [0.5, 0.6) is 5.75 Å². The van der Waals surface area contributed by atoms with E-state index in [4.69, 9.17) is 4.74 Å². The Labute approximate surface area is 158 Å². The van der Waals surface area contributed by atoms with Crippen molar-refractivity contribution in [3.63, 3.8) is 0 Å². The van der Waals surface area contributed by atoms with Crippen molar-refractivity contribution in [1.82, 2.24) is 10.6 Å². The number of nitrogens with one attached hydrogen (secondary N) is 2. The molecule has 6 heteroatoms. The lowest BCUT2D eigenvalue weighted by Crippen LogP contribution is -2.31. The summed E-state index contributed by atoms with van der Waals surface area (Å²) in [7, 11) is 1.59. The Hall–Kier alpha value is -3.15. The predicted octanol–water partition coefficient (Wildman–Crippen LogP) is 3.23. The second kappa shape index (κ2) is 10.1. The third-order valence-corrected chi connectivity index (χ3v) is 3.94. The highest BCUT2D eigenvalue weighted by atomic mass is 19.1. The average molecular weight is 370 g/mol. The molecule has 2 amide bonds. The molecule has 1 unspecified atom stereocenters. The van der Waals surface area contributed by atoms with Crippen LogP contribution in [0.1, 0.15) is 30.5 Å². The molecule has 2 aromatic carbocycles. The molecule has 0 aromatic heterocycles. The van der Waals surface area contributed by atoms with E-state index in [1.165, 1.54) is 18.2 Å². The number of carbonyl (C=O) groups excluding carboxylic acids is 2. The van der Waals surface area contributed by atoms with Crippen molar-refractivity contribution in [3.05, 3.63) is 71.6 Å². The van der Waals surface area contributed by atoms with E-state index >= 15 is 0 Å². The third-order valence-electron chi connectivity index (χ3n) is 3.94. The highest BCUT2D eigenvalue weighted by molar-refractivity contribution is 5.92. The van der Waals surface area contributed by atoms with Crippen LogP contribution in [0.2, 0.25) is 0 Å². The zero-order chi connectivity index (χ0) is 19.6. The molecule has 0 aliphatic rings. The standard InChI is InChI=1S/C21H23FN2O3/c1-15(17-6-8-18(22)9-7-17)24-21(26)13-14-23-20(25)12-5-16-3-10-19(27-2)11-4-16/h3-12,15H,13-14H2,1-2H3,(H,23,25)(H,24,26). The molecule has 0 fully saturated rings. The fourth-order valence-electron chi connectivity index (χ4n) is 2.39. The number of halogens is 1. The van der Waals surface area contributed by atoms with Crippen molar-refractivity contribution in [1.29, 1.82) is 0 Å². The molecule has 0 aliphatic carbocycles. The highest BCUT2D eigenvalue weighted by Crippen LogP contribution is 2.13. The second-order valence-corrected chi connectivity index (χ2v) is 5.99. The van der Waals surface area contributed by atoms with Gasteiger partial charge < -0.3 is 15.4 Å². The average Bonchev–Trinajstić information content (AvgIpc) is 2.67. The van der Waals surface area contributed by atoms with Crippen LogP contribution in [0, 0.1) is 5.82 Å². The van der Waals surface area contributed by atoms with Crippen molar-refractivity contribution >= 4 is 17.9 Å². The number of amides is 2. The largest absolute Gasteiger partial charge is 0.497 e. The summed E-state index contributed by atoms with van der Waals surface area (Å²) >= 11 is 0. The first-order chi connectivity index (χ1) is 13.0. The third kappa shape index (κ3) is 6.93. The monoisotopic (exact) mass is 370 g/mol. The summed E-state index contributed by atoms with van der Waals surface area (Å²) < 4.78 is 18.0. The van der Waals surface area contributed by atoms with E-state index in [-0.39, 0.29) is 36.6 Å². The molecule has 2 N–H and O–H groups in total. The number of methoxy groups -OCH3 is 1. The minimum absolute atomic E-state index is 0.160. The lowest BCUT2D eigenvalue weighted by Gasteiger charge is -2.14. The molecule has 5 nitrogen and oxygen atoms in total. The number of hydrogen-bond donors (Lipinski definition) is 2. The van der Waals surface area contributed by atoms with E-state index in [1.807, 2.05) is 31.2 Å². The molecule has 2 aromatic rings. The fraction of sp³-hybridized carbons (Fsp3) is 0.238. The van der Waals surface area contributed by atoms with Gasteiger partial charge in [-0.2, -0.15) is 0 Å². The fourth-order valence-corrected chi connectivity index (χ4v) is 2.39. The van der Waals surface area contributed by atoms with E-state index in [0.29, 0.717) is 0 Å². The minimum atomic E-state index is -0.317. The van der Waals surface area contributed by atoms with E-state index in [0.717, 1.165) is 16.9 Å². The van der Waals surface area contributed by atoms with Crippen LogP contribution < -0.4 is 15.4 Å². The number of ether oxygens (including phenoxy) is 1. The molecule has 0 spiro atoms. The highest BCUT2D eigenvalue weighted by Gasteiger charge is 2.09. The van der Waals surface area contributed by atoms with Crippen LogP contribution in [0.4, 0.5) is 4.39 Å². The molecule has 1 atom stereocenters. The van der Waals surface area contributed by atoms with Gasteiger partial charge in [0.1, 0.15) is 11.6 Å². The van der Waals surface area contributed by atoms with E-state index in [2.05, 4.69) is 10.6 Å². The first kappa shape index (κ1) is 20.2. The molecule has 27 heavy (non-hydrogen) atoms. The second-order valence-electron chi connectivity index (χ2n) is 5.99. The maximum atomic E-state index is 12.9. The van der Waals surface area contributed by atoms with Crippen LogP contribution in [0.15, 0.2) is 54.6 Å². The lowest BCUT2D eigenvalue weighted by molar-refractivity contribution is -0.121. The van der Waals surface area contributed by atoms with Crippen molar-refractivity contribution in [3.8, 4) is 5.75 Å². The summed E-state index contributed by atoms with van der Waals surface area (Å²) in [6.45, 7) is 2.05. The molecular weight excluding hydrogens is 347 g/mol. The summed E-state index contributed by atoms with van der Waals surface area (Å²) in [6, 6.07) is 13.0. The molecule has 142 valence electrons.